The van der Waals surface area contributed by atoms with Gasteiger partial charge in [0.25, 0.3) is 16.0 Å². The quantitative estimate of drug-likeness (QED) is 0.165. The van der Waals surface area contributed by atoms with Crippen LogP contribution in [0.25, 0.3) is 0 Å². The van der Waals surface area contributed by atoms with Crippen LogP contribution < -0.4 is 0 Å². The van der Waals surface area contributed by atoms with Gasteiger partial charge < -0.3 is 10.0 Å². The molecule has 0 heterocycles. The summed E-state index contributed by atoms with van der Waals surface area (Å²) < 4.78 is 84.5. The average Bonchev–Trinajstić information content (AvgIpc) is 2.97. The summed E-state index contributed by atoms with van der Waals surface area (Å²) in [6.45, 7) is 3.12. The van der Waals surface area contributed by atoms with Crippen molar-refractivity contribution in [3.8, 4) is 0 Å². The van der Waals surface area contributed by atoms with Crippen LogP contribution in [0.2, 0.25) is 0 Å². The summed E-state index contributed by atoms with van der Waals surface area (Å²) in [6.07, 6.45) is -0.589. The number of hydrogen-bond donors (Lipinski definition) is 2. The number of carboxylic acids is 1. The van der Waals surface area contributed by atoms with Crippen molar-refractivity contribution < 1.29 is 49.3 Å². The van der Waals surface area contributed by atoms with Gasteiger partial charge in [0.1, 0.15) is 0 Å². The molecule has 0 atom stereocenters. The molecule has 0 bridgehead atoms. The van der Waals surface area contributed by atoms with E-state index in [1.54, 1.807) is 38.1 Å². The number of Topliss-reactive ketones (excluding diaryl/α,β-unsaturated/α-hetero) is 1. The molecule has 0 saturated carbocycles. The fourth-order valence-electron chi connectivity index (χ4n) is 4.59. The molecule has 0 saturated heterocycles. The molecule has 0 aliphatic heterocycles. The van der Waals surface area contributed by atoms with Crippen molar-refractivity contribution in [1.29, 1.82) is 0 Å². The van der Waals surface area contributed by atoms with Crippen LogP contribution in [-0.2, 0) is 34.6 Å². The minimum atomic E-state index is -4.31. The Bertz CT molecular complexity index is 1810. The van der Waals surface area contributed by atoms with E-state index >= 15 is 0 Å². The second-order valence-electron chi connectivity index (χ2n) is 10.9. The molecule has 0 spiro atoms. The molecule has 248 valence electrons. The Kier molecular flexibility index (Phi) is 12.0. The van der Waals surface area contributed by atoms with E-state index in [9.17, 15) is 39.6 Å². The second kappa shape index (κ2) is 15.1. The number of rotatable bonds is 16. The summed E-state index contributed by atoms with van der Waals surface area (Å²) in [5, 5.41) is 9.05. The lowest BCUT2D eigenvalue weighted by Crippen LogP contribution is -2.35. The first-order valence-electron chi connectivity index (χ1n) is 14.1. The number of sulfone groups is 2. The molecular weight excluding hydrogens is 659 g/mol. The lowest BCUT2D eigenvalue weighted by atomic mass is 9.99. The monoisotopic (exact) mass is 693 g/mol. The largest absolute Gasteiger partial charge is 0.481 e. The van der Waals surface area contributed by atoms with Crippen LogP contribution in [0.3, 0.4) is 0 Å². The van der Waals surface area contributed by atoms with Gasteiger partial charge in [-0.3, -0.25) is 18.9 Å². The SMILES string of the molecule is Cc1ccc(S(=O)(=O)CC(CS(=O)(=O)c2ccc(C)cc2)C(=O)c2ccc(C(=O)N(CCCS(=O)(=O)O)CCC(=O)O)cc2)cc1. The third-order valence-corrected chi connectivity index (χ3v) is 11.6. The molecule has 0 aliphatic rings. The van der Waals surface area contributed by atoms with Gasteiger partial charge in [0.05, 0.1) is 39.4 Å². The van der Waals surface area contributed by atoms with E-state index in [0.717, 1.165) is 16.0 Å². The molecule has 12 nitrogen and oxygen atoms in total. The zero-order valence-corrected chi connectivity index (χ0v) is 27.6. The summed E-state index contributed by atoms with van der Waals surface area (Å²) in [7, 11) is -12.5. The minimum absolute atomic E-state index is 0.0184. The Morgan fingerprint density at radius 3 is 1.52 bits per heavy atom. The van der Waals surface area contributed by atoms with Crippen LogP contribution in [0, 0.1) is 19.8 Å². The standard InChI is InChI=1S/C31H35NO11S3/c1-22-4-12-27(13-5-22)44(37,38)20-26(21-45(39,40)28-14-6-23(2)7-15-28)30(35)24-8-10-25(11-9-24)31(36)32(18-16-29(33)34)17-3-19-46(41,42)43/h4-15,26H,3,16-21H2,1-2H3,(H,33,34)(H,41,42,43). The van der Waals surface area contributed by atoms with Crippen molar-refractivity contribution in [2.45, 2.75) is 36.5 Å². The maximum Gasteiger partial charge on any atom is 0.305 e. The Balaban J connectivity index is 1.92. The first-order valence-corrected chi connectivity index (χ1v) is 19.0. The van der Waals surface area contributed by atoms with Crippen LogP contribution in [0.1, 0.15) is 44.7 Å². The van der Waals surface area contributed by atoms with Gasteiger partial charge in [-0.05, 0) is 56.7 Å². The smallest absolute Gasteiger partial charge is 0.305 e. The molecule has 3 aromatic carbocycles. The van der Waals surface area contributed by atoms with Crippen LogP contribution in [0.4, 0.5) is 0 Å². The van der Waals surface area contributed by atoms with Crippen molar-refractivity contribution in [2.75, 3.05) is 30.3 Å². The van der Waals surface area contributed by atoms with Crippen molar-refractivity contribution >= 4 is 47.5 Å². The van der Waals surface area contributed by atoms with Crippen LogP contribution in [-0.4, -0.2) is 87.8 Å². The second-order valence-corrected chi connectivity index (χ2v) is 16.5. The van der Waals surface area contributed by atoms with Gasteiger partial charge in [-0.25, -0.2) is 16.8 Å². The number of benzene rings is 3. The van der Waals surface area contributed by atoms with E-state index in [2.05, 4.69) is 0 Å². The van der Waals surface area contributed by atoms with Gasteiger partial charge in [0, 0.05) is 24.2 Å². The molecule has 3 aromatic rings. The third kappa shape index (κ3) is 10.6. The van der Waals surface area contributed by atoms with E-state index in [-0.39, 0.29) is 40.4 Å². The average molecular weight is 694 g/mol. The summed E-state index contributed by atoms with van der Waals surface area (Å²) in [4.78, 5) is 38.9. The zero-order valence-electron chi connectivity index (χ0n) is 25.2. The van der Waals surface area contributed by atoms with E-state index < -0.39 is 77.0 Å². The number of amides is 1. The van der Waals surface area contributed by atoms with Gasteiger partial charge in [0.15, 0.2) is 25.5 Å². The van der Waals surface area contributed by atoms with Crippen molar-refractivity contribution in [3.05, 3.63) is 95.1 Å². The summed E-state index contributed by atoms with van der Waals surface area (Å²) in [5.41, 5.74) is 1.58. The zero-order chi connectivity index (χ0) is 34.3. The number of aliphatic carboxylic acids is 1. The van der Waals surface area contributed by atoms with Crippen molar-refractivity contribution in [2.24, 2.45) is 5.92 Å². The number of hydrogen-bond acceptors (Lipinski definition) is 9. The van der Waals surface area contributed by atoms with Gasteiger partial charge in [-0.2, -0.15) is 8.42 Å². The number of carboxylic acid groups (broad SMARTS) is 1. The van der Waals surface area contributed by atoms with E-state index in [4.69, 9.17) is 9.66 Å². The lowest BCUT2D eigenvalue weighted by Gasteiger charge is -2.22. The molecule has 15 heteroatoms. The molecule has 2 N–H and O–H groups in total. The molecule has 0 fully saturated rings. The van der Waals surface area contributed by atoms with Gasteiger partial charge in [0.2, 0.25) is 0 Å². The van der Waals surface area contributed by atoms with Gasteiger partial charge in [-0.15, -0.1) is 0 Å². The van der Waals surface area contributed by atoms with E-state index in [0.29, 0.717) is 0 Å². The third-order valence-electron chi connectivity index (χ3n) is 7.10. The molecular formula is C31H35NO11S3. The van der Waals surface area contributed by atoms with Crippen LogP contribution >= 0.6 is 0 Å². The molecule has 3 rings (SSSR count). The molecule has 0 radical (unpaired) electrons. The normalized spacial score (nSPS) is 12.2. The number of carbonyl (C=O) groups excluding carboxylic acids is 2. The lowest BCUT2D eigenvalue weighted by molar-refractivity contribution is -0.137. The Morgan fingerprint density at radius 2 is 1.11 bits per heavy atom. The topological polar surface area (TPSA) is 197 Å². The molecule has 46 heavy (non-hydrogen) atoms. The number of carbonyl (C=O) groups is 3. The maximum absolute atomic E-state index is 13.7. The number of ketones is 1. The number of aryl methyl sites for hydroxylation is 2. The molecule has 1 amide bonds. The Hall–Kier alpha value is -3.92. The van der Waals surface area contributed by atoms with Crippen molar-refractivity contribution in [3.63, 3.8) is 0 Å². The highest BCUT2D eigenvalue weighted by Crippen LogP contribution is 2.23. The Labute approximate surface area is 268 Å². The predicted octanol–water partition coefficient (Wildman–Crippen LogP) is 3.24. The van der Waals surface area contributed by atoms with Gasteiger partial charge >= 0.3 is 5.97 Å². The molecule has 0 aliphatic carbocycles. The van der Waals surface area contributed by atoms with E-state index in [1.165, 1.54) is 48.5 Å². The number of nitrogens with zero attached hydrogens (tertiary/aromatic N) is 1. The molecule has 0 unspecified atom stereocenters. The summed E-state index contributed by atoms with van der Waals surface area (Å²) in [5.74, 6) is -6.38. The Morgan fingerprint density at radius 1 is 0.674 bits per heavy atom. The van der Waals surface area contributed by atoms with Crippen LogP contribution in [0.15, 0.2) is 82.6 Å². The fraction of sp³-hybridized carbons (Fsp3) is 0.323. The summed E-state index contributed by atoms with van der Waals surface area (Å²) in [6, 6.07) is 16.9. The van der Waals surface area contributed by atoms with Crippen molar-refractivity contribution in [1.82, 2.24) is 4.90 Å². The summed E-state index contributed by atoms with van der Waals surface area (Å²) >= 11 is 0. The molecule has 0 aromatic heterocycles. The minimum Gasteiger partial charge on any atom is -0.481 e. The first-order chi connectivity index (χ1) is 21.4. The maximum atomic E-state index is 13.7. The highest BCUT2D eigenvalue weighted by molar-refractivity contribution is 7.92. The first kappa shape index (κ1) is 36.5. The predicted molar refractivity (Wildman–Crippen MR) is 170 cm³/mol. The van der Waals surface area contributed by atoms with E-state index in [1.807, 2.05) is 0 Å². The fourth-order valence-corrected chi connectivity index (χ4v) is 8.32. The van der Waals surface area contributed by atoms with Gasteiger partial charge in [-0.1, -0.05) is 47.5 Å². The van der Waals surface area contributed by atoms with Crippen LogP contribution in [0.5, 0.6) is 0 Å². The highest BCUT2D eigenvalue weighted by Gasteiger charge is 2.33. The highest BCUT2D eigenvalue weighted by atomic mass is 32.2.